The van der Waals surface area contributed by atoms with Gasteiger partial charge >= 0.3 is 0 Å². The molecule has 0 saturated carbocycles. The molecule has 1 saturated heterocycles. The van der Waals surface area contributed by atoms with E-state index in [2.05, 4.69) is 95.3 Å². The van der Waals surface area contributed by atoms with Gasteiger partial charge in [-0.2, -0.15) is 0 Å². The maximum Gasteiger partial charge on any atom is 0.0642 e. The molecule has 1 fully saturated rings. The number of anilines is 1. The molecule has 2 aromatic rings. The van der Waals surface area contributed by atoms with Crippen LogP contribution >= 0.6 is 15.9 Å². The summed E-state index contributed by atoms with van der Waals surface area (Å²) in [5.41, 5.74) is 4.15. The van der Waals surface area contributed by atoms with Crippen LogP contribution in [0.5, 0.6) is 0 Å². The molecular weight excluding hydrogens is 400 g/mol. The van der Waals surface area contributed by atoms with Gasteiger partial charge < -0.3 is 14.5 Å². The van der Waals surface area contributed by atoms with Crippen molar-refractivity contribution in [2.75, 3.05) is 45.3 Å². The van der Waals surface area contributed by atoms with Gasteiger partial charge in [0.2, 0.25) is 0 Å². The highest BCUT2D eigenvalue weighted by Gasteiger charge is 2.32. The maximum atomic E-state index is 5.48. The molecule has 0 aromatic heterocycles. The Kier molecular flexibility index (Phi) is 6.96. The number of morpholine rings is 1. The Bertz CT molecular complexity index is 728. The first-order valence-corrected chi connectivity index (χ1v) is 10.7. The van der Waals surface area contributed by atoms with Crippen LogP contribution in [0.15, 0.2) is 53.0 Å². The lowest BCUT2D eigenvalue weighted by Crippen LogP contribution is -2.47. The van der Waals surface area contributed by atoms with E-state index in [1.807, 2.05) is 0 Å². The average Bonchev–Trinajstić information content (AvgIpc) is 2.70. The van der Waals surface area contributed by atoms with Gasteiger partial charge in [0.15, 0.2) is 0 Å². The van der Waals surface area contributed by atoms with Crippen LogP contribution in [0.1, 0.15) is 24.5 Å². The second kappa shape index (κ2) is 9.22. The van der Waals surface area contributed by atoms with E-state index < -0.39 is 0 Å². The number of ether oxygens (including phenoxy) is 1. The van der Waals surface area contributed by atoms with Crippen LogP contribution in [0.3, 0.4) is 0 Å². The number of likely N-dealkylation sites (N-methyl/N-ethyl adjacent to an activating group) is 1. The number of hydrogen-bond donors (Lipinski definition) is 0. The van der Waals surface area contributed by atoms with Crippen molar-refractivity contribution in [2.45, 2.75) is 31.7 Å². The third kappa shape index (κ3) is 4.92. The Labute approximate surface area is 172 Å². The van der Waals surface area contributed by atoms with E-state index in [1.54, 1.807) is 0 Å². The van der Waals surface area contributed by atoms with E-state index in [0.29, 0.717) is 0 Å². The van der Waals surface area contributed by atoms with Crippen molar-refractivity contribution in [3.63, 3.8) is 0 Å². The predicted octanol–water partition coefficient (Wildman–Crippen LogP) is 4.78. The summed E-state index contributed by atoms with van der Waals surface area (Å²) in [6, 6.07) is 17.7. The fourth-order valence-corrected chi connectivity index (χ4v) is 4.48. The minimum atomic E-state index is 0.102. The van der Waals surface area contributed by atoms with E-state index >= 15 is 0 Å². The van der Waals surface area contributed by atoms with Gasteiger partial charge in [-0.15, -0.1) is 0 Å². The molecule has 0 radical (unpaired) electrons. The molecule has 0 aliphatic carbocycles. The van der Waals surface area contributed by atoms with Crippen LogP contribution in [-0.4, -0.2) is 50.8 Å². The molecule has 3 nitrogen and oxygen atoms in total. The number of hydrogen-bond acceptors (Lipinski definition) is 3. The molecule has 146 valence electrons. The molecule has 0 bridgehead atoms. The number of halogens is 1. The predicted molar refractivity (Wildman–Crippen MR) is 118 cm³/mol. The highest BCUT2D eigenvalue weighted by atomic mass is 79.9. The van der Waals surface area contributed by atoms with E-state index in [-0.39, 0.29) is 5.54 Å². The van der Waals surface area contributed by atoms with Gasteiger partial charge in [0.25, 0.3) is 0 Å². The molecule has 0 amide bonds. The molecule has 0 N–H and O–H groups in total. The highest BCUT2D eigenvalue weighted by Crippen LogP contribution is 2.32. The smallest absolute Gasteiger partial charge is 0.0642 e. The van der Waals surface area contributed by atoms with Crippen LogP contribution in [0.2, 0.25) is 0 Å². The SMILES string of the molecule is CCC(Cc1ccccc1)(Cc1ccc(N2CCOCC2)cc1Br)N(C)C. The molecule has 1 atom stereocenters. The highest BCUT2D eigenvalue weighted by molar-refractivity contribution is 9.10. The summed E-state index contributed by atoms with van der Waals surface area (Å²) in [4.78, 5) is 4.81. The van der Waals surface area contributed by atoms with Crippen LogP contribution < -0.4 is 4.90 Å². The van der Waals surface area contributed by atoms with Crippen LogP contribution in [0, 0.1) is 0 Å². The van der Waals surface area contributed by atoms with E-state index in [1.165, 1.54) is 21.3 Å². The Hall–Kier alpha value is -1.36. The number of benzene rings is 2. The molecule has 1 heterocycles. The van der Waals surface area contributed by atoms with Crippen LogP contribution in [-0.2, 0) is 17.6 Å². The van der Waals surface area contributed by atoms with Crippen molar-refractivity contribution < 1.29 is 4.74 Å². The Morgan fingerprint density at radius 3 is 2.33 bits per heavy atom. The lowest BCUT2D eigenvalue weighted by Gasteiger charge is -2.40. The topological polar surface area (TPSA) is 15.7 Å². The molecule has 1 aliphatic rings. The van der Waals surface area contributed by atoms with Gasteiger partial charge in [0.05, 0.1) is 13.2 Å². The summed E-state index contributed by atoms with van der Waals surface area (Å²) in [6.45, 7) is 5.87. The maximum absolute atomic E-state index is 5.48. The third-order valence-electron chi connectivity index (χ3n) is 5.92. The van der Waals surface area contributed by atoms with Crippen molar-refractivity contribution in [1.29, 1.82) is 0 Å². The van der Waals surface area contributed by atoms with Crippen molar-refractivity contribution in [3.8, 4) is 0 Å². The fourth-order valence-electron chi connectivity index (χ4n) is 3.97. The molecule has 4 heteroatoms. The quantitative estimate of drug-likeness (QED) is 0.628. The van der Waals surface area contributed by atoms with E-state index in [0.717, 1.165) is 45.6 Å². The summed E-state index contributed by atoms with van der Waals surface area (Å²) in [6.07, 6.45) is 3.18. The normalized spacial score (nSPS) is 17.1. The molecular formula is C23H31BrN2O. The van der Waals surface area contributed by atoms with Crippen molar-refractivity contribution in [3.05, 3.63) is 64.1 Å². The van der Waals surface area contributed by atoms with Crippen LogP contribution in [0.4, 0.5) is 5.69 Å². The fraction of sp³-hybridized carbons (Fsp3) is 0.478. The zero-order valence-corrected chi connectivity index (χ0v) is 18.3. The zero-order valence-electron chi connectivity index (χ0n) is 16.7. The first-order valence-electron chi connectivity index (χ1n) is 9.86. The minimum absolute atomic E-state index is 0.102. The van der Waals surface area contributed by atoms with Gasteiger partial charge in [-0.1, -0.05) is 59.3 Å². The Morgan fingerprint density at radius 2 is 1.74 bits per heavy atom. The number of rotatable bonds is 7. The first kappa shape index (κ1) is 20.4. The molecule has 2 aromatic carbocycles. The standard InChI is InChI=1S/C23H31BrN2O/c1-4-23(25(2)3,17-19-8-6-5-7-9-19)18-20-10-11-21(16-22(20)24)26-12-14-27-15-13-26/h5-11,16H,4,12-15,17-18H2,1-3H3. The lowest BCUT2D eigenvalue weighted by molar-refractivity contribution is 0.122. The van der Waals surface area contributed by atoms with E-state index in [9.17, 15) is 0 Å². The van der Waals surface area contributed by atoms with E-state index in [4.69, 9.17) is 4.74 Å². The second-order valence-electron chi connectivity index (χ2n) is 7.69. The van der Waals surface area contributed by atoms with Crippen molar-refractivity contribution >= 4 is 21.6 Å². The van der Waals surface area contributed by atoms with Gasteiger partial charge in [-0.3, -0.25) is 0 Å². The zero-order chi connectivity index (χ0) is 19.3. The summed E-state index contributed by atoms with van der Waals surface area (Å²) in [5.74, 6) is 0. The lowest BCUT2D eigenvalue weighted by atomic mass is 9.81. The molecule has 27 heavy (non-hydrogen) atoms. The molecule has 1 aliphatic heterocycles. The Morgan fingerprint density at radius 1 is 1.04 bits per heavy atom. The van der Waals surface area contributed by atoms with Gasteiger partial charge in [-0.05, 0) is 56.6 Å². The molecule has 1 unspecified atom stereocenters. The summed E-state index contributed by atoms with van der Waals surface area (Å²) in [5, 5.41) is 0. The summed E-state index contributed by atoms with van der Waals surface area (Å²) < 4.78 is 6.69. The first-order chi connectivity index (χ1) is 13.0. The second-order valence-corrected chi connectivity index (χ2v) is 8.54. The Balaban J connectivity index is 1.82. The largest absolute Gasteiger partial charge is 0.378 e. The van der Waals surface area contributed by atoms with Crippen molar-refractivity contribution in [1.82, 2.24) is 4.90 Å². The summed E-state index contributed by atoms with van der Waals surface area (Å²) >= 11 is 3.85. The number of nitrogens with zero attached hydrogens (tertiary/aromatic N) is 2. The molecule has 3 rings (SSSR count). The van der Waals surface area contributed by atoms with Crippen molar-refractivity contribution in [2.24, 2.45) is 0 Å². The van der Waals surface area contributed by atoms with Gasteiger partial charge in [0.1, 0.15) is 0 Å². The van der Waals surface area contributed by atoms with Crippen LogP contribution in [0.25, 0.3) is 0 Å². The average molecular weight is 431 g/mol. The third-order valence-corrected chi connectivity index (χ3v) is 6.65. The molecule has 0 spiro atoms. The monoisotopic (exact) mass is 430 g/mol. The van der Waals surface area contributed by atoms with Gasteiger partial charge in [-0.25, -0.2) is 0 Å². The summed E-state index contributed by atoms with van der Waals surface area (Å²) in [7, 11) is 4.42. The minimum Gasteiger partial charge on any atom is -0.378 e. The van der Waals surface area contributed by atoms with Gasteiger partial charge in [0, 0.05) is 28.8 Å².